The molecule has 2 aromatic rings. The van der Waals surface area contributed by atoms with E-state index in [1.165, 1.54) is 30.3 Å². The fourth-order valence-electron chi connectivity index (χ4n) is 2.69. The molecule has 0 bridgehead atoms. The molecule has 0 radical (unpaired) electrons. The Morgan fingerprint density at radius 1 is 1.14 bits per heavy atom. The van der Waals surface area contributed by atoms with Crippen LogP contribution in [0.1, 0.15) is 25.8 Å². The second-order valence-electron chi connectivity index (χ2n) is 5.98. The van der Waals surface area contributed by atoms with Crippen LogP contribution in [0.15, 0.2) is 53.4 Å². The van der Waals surface area contributed by atoms with Crippen molar-refractivity contribution in [1.29, 1.82) is 0 Å². The van der Waals surface area contributed by atoms with Gasteiger partial charge < -0.3 is 4.74 Å². The lowest BCUT2D eigenvalue weighted by atomic mass is 10.1. The van der Waals surface area contributed by atoms with Gasteiger partial charge in [0.05, 0.1) is 22.8 Å². The second-order valence-corrected chi connectivity index (χ2v) is 8.23. The molecular weight excluding hydrogens is 431 g/mol. The van der Waals surface area contributed by atoms with Crippen molar-refractivity contribution in [1.82, 2.24) is 0 Å². The molecule has 0 aliphatic carbocycles. The molecule has 0 fully saturated rings. The summed E-state index contributed by atoms with van der Waals surface area (Å²) in [6.07, 6.45) is -4.70. The van der Waals surface area contributed by atoms with Gasteiger partial charge in [-0.3, -0.25) is 4.31 Å². The fraction of sp³-hybridized carbons (Fsp3) is 0.316. The molecule has 0 spiro atoms. The van der Waals surface area contributed by atoms with Crippen molar-refractivity contribution in [2.45, 2.75) is 37.4 Å². The molecule has 5 nitrogen and oxygen atoms in total. The van der Waals surface area contributed by atoms with Crippen LogP contribution in [0.25, 0.3) is 0 Å². The van der Waals surface area contributed by atoms with Gasteiger partial charge in [-0.1, -0.05) is 24.6 Å². The summed E-state index contributed by atoms with van der Waals surface area (Å²) in [5.41, 5.74) is -1.33. The first-order valence-corrected chi connectivity index (χ1v) is 10.5. The zero-order chi connectivity index (χ0) is 21.8. The minimum Gasteiger partial charge on any atom is -0.464 e. The van der Waals surface area contributed by atoms with Crippen LogP contribution in [-0.4, -0.2) is 27.0 Å². The Kier molecular flexibility index (Phi) is 7.18. The van der Waals surface area contributed by atoms with Gasteiger partial charge in [-0.25, -0.2) is 13.2 Å². The molecule has 1 unspecified atom stereocenters. The SMILES string of the molecule is CCOC(=O)C(CC)N(c1cccc(C(F)(F)F)c1)S(=O)(=O)c1ccc(Cl)cc1. The number of esters is 1. The predicted octanol–water partition coefficient (Wildman–Crippen LogP) is 4.90. The quantitative estimate of drug-likeness (QED) is 0.564. The minimum atomic E-state index is -4.68. The van der Waals surface area contributed by atoms with E-state index in [9.17, 15) is 26.4 Å². The Hall–Kier alpha value is -2.26. The van der Waals surface area contributed by atoms with Gasteiger partial charge in [0.1, 0.15) is 6.04 Å². The molecule has 158 valence electrons. The molecule has 0 aliphatic rings. The van der Waals surface area contributed by atoms with Crippen molar-refractivity contribution in [2.24, 2.45) is 0 Å². The standard InChI is InChI=1S/C19H19ClF3NO4S/c1-3-17(18(25)28-4-2)24(15-7-5-6-13(12-15)19(21,22)23)29(26,27)16-10-8-14(20)9-11-16/h5-12,17H,3-4H2,1-2H3. The summed E-state index contributed by atoms with van der Waals surface area (Å²) in [6.45, 7) is 3.08. The minimum absolute atomic E-state index is 0.00719. The van der Waals surface area contributed by atoms with E-state index in [4.69, 9.17) is 16.3 Å². The number of carbonyl (C=O) groups excluding carboxylic acids is 1. The summed E-state index contributed by atoms with van der Waals surface area (Å²) in [6, 6.07) is 7.56. The van der Waals surface area contributed by atoms with Crippen LogP contribution in [0.2, 0.25) is 5.02 Å². The second kappa shape index (κ2) is 9.04. The number of benzene rings is 2. The van der Waals surface area contributed by atoms with E-state index in [-0.39, 0.29) is 28.6 Å². The summed E-state index contributed by atoms with van der Waals surface area (Å²) in [4.78, 5) is 12.2. The van der Waals surface area contributed by atoms with Crippen molar-refractivity contribution >= 4 is 33.3 Å². The van der Waals surface area contributed by atoms with Crippen molar-refractivity contribution in [2.75, 3.05) is 10.9 Å². The number of anilines is 1. The zero-order valence-corrected chi connectivity index (χ0v) is 17.2. The number of hydrogen-bond acceptors (Lipinski definition) is 4. The summed E-state index contributed by atoms with van der Waals surface area (Å²) < 4.78 is 71.8. The van der Waals surface area contributed by atoms with Crippen LogP contribution >= 0.6 is 11.6 Å². The molecule has 0 amide bonds. The maximum Gasteiger partial charge on any atom is 0.416 e. The average molecular weight is 450 g/mol. The van der Waals surface area contributed by atoms with Gasteiger partial charge in [0, 0.05) is 5.02 Å². The number of alkyl halides is 3. The molecule has 29 heavy (non-hydrogen) atoms. The van der Waals surface area contributed by atoms with E-state index in [0.29, 0.717) is 10.4 Å². The van der Waals surface area contributed by atoms with Crippen molar-refractivity contribution < 1.29 is 31.1 Å². The molecule has 10 heteroatoms. The van der Waals surface area contributed by atoms with E-state index < -0.39 is 33.8 Å². The molecule has 0 saturated carbocycles. The molecule has 2 rings (SSSR count). The van der Waals surface area contributed by atoms with E-state index in [2.05, 4.69) is 0 Å². The largest absolute Gasteiger partial charge is 0.464 e. The van der Waals surface area contributed by atoms with Gasteiger partial charge >= 0.3 is 12.1 Å². The van der Waals surface area contributed by atoms with Gasteiger partial charge in [0.2, 0.25) is 0 Å². The summed E-state index contributed by atoms with van der Waals surface area (Å²) in [5.74, 6) is -0.857. The number of ether oxygens (including phenoxy) is 1. The highest BCUT2D eigenvalue weighted by Gasteiger charge is 2.38. The van der Waals surface area contributed by atoms with E-state index in [0.717, 1.165) is 12.1 Å². The summed E-state index contributed by atoms with van der Waals surface area (Å²) in [5, 5.41) is 0.284. The fourth-order valence-corrected chi connectivity index (χ4v) is 4.49. The Morgan fingerprint density at radius 3 is 2.28 bits per heavy atom. The normalized spacial score (nSPS) is 13.0. The average Bonchev–Trinajstić information content (AvgIpc) is 2.65. The van der Waals surface area contributed by atoms with E-state index in [1.807, 2.05) is 0 Å². The van der Waals surface area contributed by atoms with E-state index in [1.54, 1.807) is 13.8 Å². The third kappa shape index (κ3) is 5.22. The van der Waals surface area contributed by atoms with Gasteiger partial charge in [-0.05, 0) is 55.8 Å². The van der Waals surface area contributed by atoms with Crippen LogP contribution in [0.5, 0.6) is 0 Å². The van der Waals surface area contributed by atoms with Crippen molar-refractivity contribution in [3.8, 4) is 0 Å². The number of rotatable bonds is 7. The smallest absolute Gasteiger partial charge is 0.416 e. The van der Waals surface area contributed by atoms with E-state index >= 15 is 0 Å². The van der Waals surface area contributed by atoms with Crippen LogP contribution in [0.3, 0.4) is 0 Å². The lowest BCUT2D eigenvalue weighted by Crippen LogP contribution is -2.46. The zero-order valence-electron chi connectivity index (χ0n) is 15.6. The highest BCUT2D eigenvalue weighted by Crippen LogP contribution is 2.35. The Morgan fingerprint density at radius 2 is 1.76 bits per heavy atom. The first-order chi connectivity index (χ1) is 13.5. The number of sulfonamides is 1. The first-order valence-electron chi connectivity index (χ1n) is 8.66. The third-order valence-corrected chi connectivity index (χ3v) is 6.13. The monoisotopic (exact) mass is 449 g/mol. The van der Waals surface area contributed by atoms with Gasteiger partial charge in [-0.15, -0.1) is 0 Å². The molecule has 1 atom stereocenters. The van der Waals surface area contributed by atoms with Gasteiger partial charge in [0.15, 0.2) is 0 Å². The number of carbonyl (C=O) groups is 1. The Balaban J connectivity index is 2.69. The summed E-state index contributed by atoms with van der Waals surface area (Å²) >= 11 is 5.80. The molecule has 0 heterocycles. The van der Waals surface area contributed by atoms with Gasteiger partial charge in [0.25, 0.3) is 10.0 Å². The van der Waals surface area contributed by atoms with Gasteiger partial charge in [-0.2, -0.15) is 13.2 Å². The maximum atomic E-state index is 13.3. The molecule has 0 N–H and O–H groups in total. The molecule has 0 saturated heterocycles. The lowest BCUT2D eigenvalue weighted by molar-refractivity contribution is -0.144. The highest BCUT2D eigenvalue weighted by molar-refractivity contribution is 7.93. The molecule has 0 aromatic heterocycles. The first kappa shape index (κ1) is 23.0. The molecule has 0 aliphatic heterocycles. The third-order valence-electron chi connectivity index (χ3n) is 4.03. The Bertz CT molecular complexity index is 962. The van der Waals surface area contributed by atoms with Crippen LogP contribution in [0.4, 0.5) is 18.9 Å². The predicted molar refractivity (Wildman–Crippen MR) is 103 cm³/mol. The maximum absolute atomic E-state index is 13.3. The number of nitrogens with zero attached hydrogens (tertiary/aromatic N) is 1. The van der Waals surface area contributed by atoms with Crippen LogP contribution in [-0.2, 0) is 25.7 Å². The lowest BCUT2D eigenvalue weighted by Gasteiger charge is -2.31. The van der Waals surface area contributed by atoms with Crippen molar-refractivity contribution in [3.05, 3.63) is 59.1 Å². The Labute approximate surface area is 172 Å². The molecular formula is C19H19ClF3NO4S. The van der Waals surface area contributed by atoms with Crippen molar-refractivity contribution in [3.63, 3.8) is 0 Å². The number of halogens is 4. The number of hydrogen-bond donors (Lipinski definition) is 0. The van der Waals surface area contributed by atoms with Crippen LogP contribution < -0.4 is 4.31 Å². The topological polar surface area (TPSA) is 63.7 Å². The summed E-state index contributed by atoms with van der Waals surface area (Å²) in [7, 11) is -4.40. The highest BCUT2D eigenvalue weighted by atomic mass is 35.5. The molecule has 2 aromatic carbocycles. The van der Waals surface area contributed by atoms with Crippen LogP contribution in [0, 0.1) is 0 Å².